The largest absolute Gasteiger partial charge is 0.394 e. The van der Waals surface area contributed by atoms with E-state index in [0.717, 1.165) is 0 Å². The molecule has 26 N–H and O–H groups in total. The molecule has 0 aromatic carbocycles. The fraction of sp³-hybridized carbons (Fsp3) is 1.00. The minimum atomic E-state index is -2.26. The lowest BCUT2D eigenvalue weighted by Crippen LogP contribution is -2.68. The average Bonchev–Trinajstić information content (AvgIpc) is 1.20. The minimum Gasteiger partial charge on any atom is -0.394 e. The maximum Gasteiger partial charge on any atom is 0.187 e. The van der Waals surface area contributed by atoms with Gasteiger partial charge in [-0.05, 0) is 0 Å². The Morgan fingerprint density at radius 3 is 0.517 bits per heavy atom. The van der Waals surface area contributed by atoms with Crippen LogP contribution in [0.5, 0.6) is 0 Å². The first-order valence-electron chi connectivity index (χ1n) is 28.2. The summed E-state index contributed by atoms with van der Waals surface area (Å²) in [5, 5.41) is 277. The van der Waals surface area contributed by atoms with E-state index >= 15 is 0 Å². The fourth-order valence-corrected chi connectivity index (χ4v) is 11.5. The molecule has 0 amide bonds. The number of hydrogen-bond acceptors (Lipinski definition) is 41. The Labute approximate surface area is 501 Å². The molecule has 8 heterocycles. The van der Waals surface area contributed by atoms with Crippen molar-refractivity contribution in [2.45, 2.75) is 246 Å². The first-order valence-corrected chi connectivity index (χ1v) is 28.2. The van der Waals surface area contributed by atoms with E-state index in [9.17, 15) is 133 Å². The third-order valence-electron chi connectivity index (χ3n) is 16.7. The molecule has 0 aromatic heterocycles. The van der Waals surface area contributed by atoms with E-state index in [0.29, 0.717) is 0 Å². The van der Waals surface area contributed by atoms with Gasteiger partial charge in [-0.15, -0.1) is 0 Å². The van der Waals surface area contributed by atoms with Gasteiger partial charge in [0, 0.05) is 0 Å². The van der Waals surface area contributed by atoms with Crippen LogP contribution in [0.2, 0.25) is 0 Å². The van der Waals surface area contributed by atoms with Crippen molar-refractivity contribution in [3.8, 4) is 0 Å². The summed E-state index contributed by atoms with van der Waals surface area (Å²) in [5.74, 6) is 0. The van der Waals surface area contributed by atoms with Crippen molar-refractivity contribution in [2.24, 2.45) is 0 Å². The molecule has 8 aliphatic rings. The third-order valence-corrected chi connectivity index (χ3v) is 16.7. The zero-order chi connectivity index (χ0) is 65.4. The predicted molar refractivity (Wildman–Crippen MR) is 264 cm³/mol. The van der Waals surface area contributed by atoms with Crippen molar-refractivity contribution in [1.82, 2.24) is 0 Å². The second kappa shape index (κ2) is 31.5. The van der Waals surface area contributed by atoms with Gasteiger partial charge < -0.3 is 204 Å². The number of aliphatic hydroxyl groups excluding tert-OH is 26. The highest BCUT2D eigenvalue weighted by molar-refractivity contribution is 5.02. The Morgan fingerprint density at radius 1 is 0.169 bits per heavy atom. The molecule has 89 heavy (non-hydrogen) atoms. The van der Waals surface area contributed by atoms with Gasteiger partial charge in [0.2, 0.25) is 0 Å². The van der Waals surface area contributed by atoms with Crippen LogP contribution in [0.3, 0.4) is 0 Å². The molecule has 0 spiro atoms. The van der Waals surface area contributed by atoms with Crippen LogP contribution in [0.4, 0.5) is 0 Å². The van der Waals surface area contributed by atoms with E-state index in [1.165, 1.54) is 0 Å². The molecule has 41 heteroatoms. The van der Waals surface area contributed by atoms with Gasteiger partial charge in [0.15, 0.2) is 50.3 Å². The first kappa shape index (κ1) is 73.2. The summed E-state index contributed by atoms with van der Waals surface area (Å²) in [6.45, 7) is -8.07. The highest BCUT2D eigenvalue weighted by Crippen LogP contribution is 2.39. The standard InChI is InChI=1S/C48H82O41/c49-1-9-17(57)18(58)27(67)42(76-9)84-35-11(3-51)78-44(29(69)20(35)60)86-37-13(5-53)80-46(31(71)22(37)62)88-39-15(7-55)82-48(33(73)24(39)64)89-40-16(8-56)81-47(32(72)25(40)65)87-38-14(6-54)79-45(30(70)23(38)63)85-36-12(4-52)77-43(28(68)21(36)61)83-34-10(2-50)75-41(74)26(66)19(34)59/h9-74H,1-8H2/t9-,10-,11-,12-,13-,14-,15-,16-,17-,18+,19-,20-,21-,22-,23-,24-,25-,26+,27+,28+,29+,30+,31+,32+,33+,34-,35-,36-,37-,38-,39-,40-,41?,42+,43+,44+,45+,46+,47+,48+/m1/s1. The molecule has 40 atom stereocenters. The van der Waals surface area contributed by atoms with E-state index in [4.69, 9.17) is 71.1 Å². The van der Waals surface area contributed by atoms with Crippen LogP contribution in [0, 0.1) is 0 Å². The van der Waals surface area contributed by atoms with Gasteiger partial charge in [-0.2, -0.15) is 0 Å². The molecule has 0 radical (unpaired) electrons. The highest BCUT2D eigenvalue weighted by atomic mass is 16.8. The number of rotatable bonds is 22. The Bertz CT molecular complexity index is 2120. The zero-order valence-corrected chi connectivity index (χ0v) is 46.5. The summed E-state index contributed by atoms with van der Waals surface area (Å²) >= 11 is 0. The topological polar surface area (TPSA) is 664 Å². The molecule has 1 unspecified atom stereocenters. The fourth-order valence-electron chi connectivity index (χ4n) is 11.5. The van der Waals surface area contributed by atoms with E-state index in [2.05, 4.69) is 0 Å². The van der Waals surface area contributed by atoms with Crippen LogP contribution < -0.4 is 0 Å². The Morgan fingerprint density at radius 2 is 0.326 bits per heavy atom. The van der Waals surface area contributed by atoms with E-state index < -0.39 is 299 Å². The van der Waals surface area contributed by atoms with Gasteiger partial charge in [-0.3, -0.25) is 0 Å². The Balaban J connectivity index is 0.850. The van der Waals surface area contributed by atoms with Gasteiger partial charge in [0.05, 0.1) is 52.9 Å². The molecule has 0 aliphatic carbocycles. The molecule has 0 saturated carbocycles. The summed E-state index contributed by atoms with van der Waals surface area (Å²) < 4.78 is 83.4. The summed E-state index contributed by atoms with van der Waals surface area (Å²) in [6.07, 6.45) is -78.4. The monoisotopic (exact) mass is 1310 g/mol. The van der Waals surface area contributed by atoms with Crippen molar-refractivity contribution >= 4 is 0 Å². The minimum absolute atomic E-state index is 0.854. The van der Waals surface area contributed by atoms with Gasteiger partial charge in [-0.25, -0.2) is 0 Å². The molecule has 8 aliphatic heterocycles. The van der Waals surface area contributed by atoms with Gasteiger partial charge in [0.1, 0.15) is 195 Å². The number of aliphatic hydroxyl groups is 26. The summed E-state index contributed by atoms with van der Waals surface area (Å²) in [7, 11) is 0. The number of ether oxygens (including phenoxy) is 15. The zero-order valence-electron chi connectivity index (χ0n) is 46.5. The van der Waals surface area contributed by atoms with Crippen LogP contribution in [0.15, 0.2) is 0 Å². The first-order chi connectivity index (χ1) is 42.2. The normalized spacial score (nSPS) is 53.6. The summed E-state index contributed by atoms with van der Waals surface area (Å²) in [4.78, 5) is 0. The van der Waals surface area contributed by atoms with Gasteiger partial charge in [-0.1, -0.05) is 0 Å². The van der Waals surface area contributed by atoms with Gasteiger partial charge >= 0.3 is 0 Å². The summed E-state index contributed by atoms with van der Waals surface area (Å²) in [5.41, 5.74) is 0. The van der Waals surface area contributed by atoms with E-state index in [1.807, 2.05) is 0 Å². The lowest BCUT2D eigenvalue weighted by molar-refractivity contribution is -0.399. The van der Waals surface area contributed by atoms with Crippen molar-refractivity contribution in [2.75, 3.05) is 52.9 Å². The lowest BCUT2D eigenvalue weighted by Gasteiger charge is -2.50. The molecule has 520 valence electrons. The van der Waals surface area contributed by atoms with E-state index in [-0.39, 0.29) is 0 Å². The molecule has 8 saturated heterocycles. The molecule has 0 bridgehead atoms. The van der Waals surface area contributed by atoms with Crippen LogP contribution in [-0.2, 0) is 71.1 Å². The Hall–Kier alpha value is -1.64. The van der Waals surface area contributed by atoms with Crippen LogP contribution in [-0.4, -0.2) is 431 Å². The van der Waals surface area contributed by atoms with Crippen LogP contribution >= 0.6 is 0 Å². The summed E-state index contributed by atoms with van der Waals surface area (Å²) in [6, 6.07) is 0. The lowest BCUT2D eigenvalue weighted by atomic mass is 9.95. The van der Waals surface area contributed by atoms with Gasteiger partial charge in [0.25, 0.3) is 0 Å². The molecule has 8 fully saturated rings. The van der Waals surface area contributed by atoms with Crippen molar-refractivity contribution < 1.29 is 204 Å². The van der Waals surface area contributed by atoms with Crippen LogP contribution in [0.1, 0.15) is 0 Å². The molecule has 41 nitrogen and oxygen atoms in total. The second-order valence-electron chi connectivity index (χ2n) is 22.4. The maximum absolute atomic E-state index is 11.4. The molecule has 0 aromatic rings. The molecular formula is C48H82O41. The second-order valence-corrected chi connectivity index (χ2v) is 22.4. The van der Waals surface area contributed by atoms with Crippen LogP contribution in [0.25, 0.3) is 0 Å². The average molecular weight is 1320 g/mol. The van der Waals surface area contributed by atoms with Crippen molar-refractivity contribution in [1.29, 1.82) is 0 Å². The SMILES string of the molecule is OC[C@H]1O[C@@H](O[C@H]2[C@H](O)[C@H](O)[C@H](O[C@H]3[C@H](O)[C@H](O)[C@H](O[C@H]4[C@H](O)[C@H](O)[C@H](O[C@H]5[C@H](O)[C@H](O)[C@H](O[C@H]6[C@H](O)[C@H](O)[C@H](O[C@H]7[C@H](O)[C@H](O)[C@H](O[C@H]8[C@H](O)[C@H](O)C(O)O[C@@H]8CO)O[C@@H]7CO)O[C@@H]6CO)O[C@@H]5CO)O[C@@H]4CO)O[C@@H]3CO)O[C@@H]2CO)[C@@H](O)[C@@H](O)[C@@H]1O. The third kappa shape index (κ3) is 15.0. The van der Waals surface area contributed by atoms with Crippen molar-refractivity contribution in [3.05, 3.63) is 0 Å². The molecular weight excluding hydrogens is 1230 g/mol. The van der Waals surface area contributed by atoms with Crippen molar-refractivity contribution in [3.63, 3.8) is 0 Å². The Kier molecular flexibility index (Phi) is 25.9. The quantitative estimate of drug-likeness (QED) is 0.0479. The highest BCUT2D eigenvalue weighted by Gasteiger charge is 2.59. The number of hydrogen-bond donors (Lipinski definition) is 26. The smallest absolute Gasteiger partial charge is 0.187 e. The molecule has 8 rings (SSSR count). The maximum atomic E-state index is 11.4. The van der Waals surface area contributed by atoms with E-state index in [1.54, 1.807) is 0 Å². The predicted octanol–water partition coefficient (Wildman–Crippen LogP) is -18.5.